The Morgan fingerprint density at radius 2 is 1.89 bits per heavy atom. The number of amides is 1. The Balaban J connectivity index is 2.52. The van der Waals surface area contributed by atoms with Crippen LogP contribution in [0.3, 0.4) is 0 Å². The van der Waals surface area contributed by atoms with Crippen molar-refractivity contribution >= 4 is 5.91 Å². The molecule has 19 heavy (non-hydrogen) atoms. The Morgan fingerprint density at radius 1 is 1.26 bits per heavy atom. The van der Waals surface area contributed by atoms with Gasteiger partial charge < -0.3 is 10.2 Å². The van der Waals surface area contributed by atoms with Gasteiger partial charge in [0.15, 0.2) is 0 Å². The quantitative estimate of drug-likeness (QED) is 0.818. The van der Waals surface area contributed by atoms with Crippen LogP contribution in [0.25, 0.3) is 0 Å². The van der Waals surface area contributed by atoms with E-state index in [-0.39, 0.29) is 11.8 Å². The zero-order valence-electron chi connectivity index (χ0n) is 12.5. The van der Waals surface area contributed by atoms with Crippen molar-refractivity contribution in [1.82, 2.24) is 10.2 Å². The van der Waals surface area contributed by atoms with Crippen LogP contribution >= 0.6 is 0 Å². The molecule has 1 N–H and O–H groups in total. The van der Waals surface area contributed by atoms with Crippen LogP contribution in [-0.2, 0) is 11.2 Å². The van der Waals surface area contributed by atoms with E-state index in [4.69, 9.17) is 0 Å². The minimum Gasteiger partial charge on any atom is -0.354 e. The highest BCUT2D eigenvalue weighted by Crippen LogP contribution is 2.07. The third-order valence-electron chi connectivity index (χ3n) is 3.62. The number of rotatable bonds is 7. The molecule has 0 heterocycles. The molecule has 1 aromatic rings. The average Bonchev–Trinajstić information content (AvgIpc) is 2.42. The van der Waals surface area contributed by atoms with Crippen LogP contribution in [0.5, 0.6) is 0 Å². The molecular formula is C16H26N2O. The highest BCUT2D eigenvalue weighted by Gasteiger charge is 2.15. The van der Waals surface area contributed by atoms with Gasteiger partial charge in [-0.05, 0) is 32.5 Å². The van der Waals surface area contributed by atoms with E-state index in [0.29, 0.717) is 12.6 Å². The Labute approximate surface area is 117 Å². The van der Waals surface area contributed by atoms with Crippen molar-refractivity contribution in [3.63, 3.8) is 0 Å². The van der Waals surface area contributed by atoms with Gasteiger partial charge in [-0.1, -0.05) is 44.2 Å². The molecule has 0 bridgehead atoms. The van der Waals surface area contributed by atoms with Crippen LogP contribution in [-0.4, -0.2) is 37.5 Å². The summed E-state index contributed by atoms with van der Waals surface area (Å²) in [5, 5.41) is 3.05. The van der Waals surface area contributed by atoms with Crippen molar-refractivity contribution < 1.29 is 4.79 Å². The van der Waals surface area contributed by atoms with Crippen LogP contribution < -0.4 is 5.32 Å². The molecule has 3 heteroatoms. The molecule has 0 spiro atoms. The summed E-state index contributed by atoms with van der Waals surface area (Å²) < 4.78 is 0. The molecule has 0 aliphatic heterocycles. The number of hydrogen-bond acceptors (Lipinski definition) is 2. The molecule has 0 saturated heterocycles. The number of benzene rings is 1. The van der Waals surface area contributed by atoms with Crippen LogP contribution in [0, 0.1) is 5.92 Å². The lowest BCUT2D eigenvalue weighted by Gasteiger charge is -2.25. The molecule has 1 rings (SSSR count). The standard InChI is InChI=1S/C16H26N2O/c1-5-13(2)16(19)17-12-15(18(3)4)11-14-9-7-6-8-10-14/h6-10,13,15H,5,11-12H2,1-4H3,(H,17,19)/t13-,15-/m0/s1. The van der Waals surface area contributed by atoms with Crippen LogP contribution in [0.15, 0.2) is 30.3 Å². The first-order chi connectivity index (χ1) is 9.04. The summed E-state index contributed by atoms with van der Waals surface area (Å²) >= 11 is 0. The van der Waals surface area contributed by atoms with E-state index in [2.05, 4.69) is 48.6 Å². The van der Waals surface area contributed by atoms with Gasteiger partial charge in [0.25, 0.3) is 0 Å². The molecule has 0 aliphatic rings. The zero-order chi connectivity index (χ0) is 14.3. The van der Waals surface area contributed by atoms with E-state index in [1.165, 1.54) is 5.56 Å². The third-order valence-corrected chi connectivity index (χ3v) is 3.62. The summed E-state index contributed by atoms with van der Waals surface area (Å²) in [5.74, 6) is 0.252. The first-order valence-corrected chi connectivity index (χ1v) is 7.02. The SMILES string of the molecule is CC[C@H](C)C(=O)NC[C@H](Cc1ccccc1)N(C)C. The fraction of sp³-hybridized carbons (Fsp3) is 0.562. The molecule has 0 radical (unpaired) electrons. The normalized spacial score (nSPS) is 14.2. The molecule has 0 saturated carbocycles. The van der Waals surface area contributed by atoms with Gasteiger partial charge in [0, 0.05) is 18.5 Å². The Hall–Kier alpha value is -1.35. The average molecular weight is 262 g/mol. The molecule has 0 unspecified atom stereocenters. The second-order valence-electron chi connectivity index (χ2n) is 5.36. The van der Waals surface area contributed by atoms with Crippen molar-refractivity contribution in [3.05, 3.63) is 35.9 Å². The monoisotopic (exact) mass is 262 g/mol. The fourth-order valence-electron chi connectivity index (χ4n) is 1.90. The number of carbonyl (C=O) groups excluding carboxylic acids is 1. The maximum absolute atomic E-state index is 11.8. The molecule has 0 fully saturated rings. The number of likely N-dealkylation sites (N-methyl/N-ethyl adjacent to an activating group) is 1. The lowest BCUT2D eigenvalue weighted by Crippen LogP contribution is -2.43. The van der Waals surface area contributed by atoms with Gasteiger partial charge in [0.2, 0.25) is 5.91 Å². The van der Waals surface area contributed by atoms with E-state index < -0.39 is 0 Å². The predicted octanol–water partition coefficient (Wildman–Crippen LogP) is 2.32. The molecule has 0 aliphatic carbocycles. The summed E-state index contributed by atoms with van der Waals surface area (Å²) in [5.41, 5.74) is 1.30. The van der Waals surface area contributed by atoms with Crippen molar-refractivity contribution in [2.24, 2.45) is 5.92 Å². The maximum atomic E-state index is 11.8. The van der Waals surface area contributed by atoms with Gasteiger partial charge in [-0.25, -0.2) is 0 Å². The van der Waals surface area contributed by atoms with Crippen molar-refractivity contribution in [2.45, 2.75) is 32.7 Å². The smallest absolute Gasteiger partial charge is 0.222 e. The third kappa shape index (κ3) is 5.43. The van der Waals surface area contributed by atoms with E-state index in [0.717, 1.165) is 12.8 Å². The van der Waals surface area contributed by atoms with Gasteiger partial charge in [-0.15, -0.1) is 0 Å². The first kappa shape index (κ1) is 15.7. The summed E-state index contributed by atoms with van der Waals surface area (Å²) in [6, 6.07) is 10.7. The van der Waals surface area contributed by atoms with Gasteiger partial charge in [-0.3, -0.25) is 4.79 Å². The minimum atomic E-state index is 0.0968. The zero-order valence-corrected chi connectivity index (χ0v) is 12.5. The second kappa shape index (κ2) is 7.95. The highest BCUT2D eigenvalue weighted by atomic mass is 16.1. The first-order valence-electron chi connectivity index (χ1n) is 7.02. The van der Waals surface area contributed by atoms with Crippen LogP contribution in [0.1, 0.15) is 25.8 Å². The van der Waals surface area contributed by atoms with E-state index in [1.54, 1.807) is 0 Å². The Morgan fingerprint density at radius 3 is 2.42 bits per heavy atom. The molecule has 3 nitrogen and oxygen atoms in total. The predicted molar refractivity (Wildman–Crippen MR) is 80.1 cm³/mol. The summed E-state index contributed by atoms with van der Waals surface area (Å²) in [6.45, 7) is 4.71. The second-order valence-corrected chi connectivity index (χ2v) is 5.36. The van der Waals surface area contributed by atoms with Gasteiger partial charge in [0.1, 0.15) is 0 Å². The summed E-state index contributed by atoms with van der Waals surface area (Å²) in [6.07, 6.45) is 1.84. The fourth-order valence-corrected chi connectivity index (χ4v) is 1.90. The van der Waals surface area contributed by atoms with E-state index >= 15 is 0 Å². The molecule has 1 amide bonds. The summed E-state index contributed by atoms with van der Waals surface area (Å²) in [4.78, 5) is 14.0. The minimum absolute atomic E-state index is 0.0968. The largest absolute Gasteiger partial charge is 0.354 e. The van der Waals surface area contributed by atoms with Crippen molar-refractivity contribution in [1.29, 1.82) is 0 Å². The Bertz CT molecular complexity index is 376. The lowest BCUT2D eigenvalue weighted by molar-refractivity contribution is -0.124. The molecule has 0 aromatic heterocycles. The lowest BCUT2D eigenvalue weighted by atomic mass is 10.0. The highest BCUT2D eigenvalue weighted by molar-refractivity contribution is 5.78. The van der Waals surface area contributed by atoms with Gasteiger partial charge in [-0.2, -0.15) is 0 Å². The molecule has 2 atom stereocenters. The van der Waals surface area contributed by atoms with Crippen molar-refractivity contribution in [2.75, 3.05) is 20.6 Å². The van der Waals surface area contributed by atoms with Crippen LogP contribution in [0.2, 0.25) is 0 Å². The van der Waals surface area contributed by atoms with Gasteiger partial charge >= 0.3 is 0 Å². The molecular weight excluding hydrogens is 236 g/mol. The van der Waals surface area contributed by atoms with Crippen molar-refractivity contribution in [3.8, 4) is 0 Å². The van der Waals surface area contributed by atoms with Gasteiger partial charge in [0.05, 0.1) is 0 Å². The summed E-state index contributed by atoms with van der Waals surface area (Å²) in [7, 11) is 4.12. The number of hydrogen-bond donors (Lipinski definition) is 1. The molecule has 106 valence electrons. The number of nitrogens with zero attached hydrogens (tertiary/aromatic N) is 1. The number of nitrogens with one attached hydrogen (secondary N) is 1. The van der Waals surface area contributed by atoms with E-state index in [1.807, 2.05) is 19.9 Å². The topological polar surface area (TPSA) is 32.3 Å². The molecule has 1 aromatic carbocycles. The van der Waals surface area contributed by atoms with E-state index in [9.17, 15) is 4.79 Å². The van der Waals surface area contributed by atoms with Crippen LogP contribution in [0.4, 0.5) is 0 Å². The maximum Gasteiger partial charge on any atom is 0.222 e. The number of carbonyl (C=O) groups is 1. The Kier molecular flexibility index (Phi) is 6.57.